The van der Waals surface area contributed by atoms with Gasteiger partial charge in [-0.25, -0.2) is 0 Å². The maximum atomic E-state index is 10.2. The molecule has 0 spiro atoms. The van der Waals surface area contributed by atoms with Crippen molar-refractivity contribution in [2.75, 3.05) is 18.1 Å². The first kappa shape index (κ1) is 11.9. The molecule has 0 aliphatic carbocycles. The van der Waals surface area contributed by atoms with Crippen molar-refractivity contribution in [3.05, 3.63) is 0 Å². The van der Waals surface area contributed by atoms with Crippen LogP contribution in [0.4, 0.5) is 0 Å². The van der Waals surface area contributed by atoms with Gasteiger partial charge in [0.1, 0.15) is 0 Å². The van der Waals surface area contributed by atoms with Gasteiger partial charge in [0.2, 0.25) is 0 Å². The number of unbranched alkanes of at least 4 members (excludes halogenated alkanes) is 1. The third kappa shape index (κ3) is 5.50. The number of hydrogen-bond donors (Lipinski definition) is 2. The molecule has 1 aliphatic rings. The zero-order valence-electron chi connectivity index (χ0n) is 8.50. The normalized spacial score (nSPS) is 18.3. The van der Waals surface area contributed by atoms with Crippen molar-refractivity contribution in [2.24, 2.45) is 0 Å². The summed E-state index contributed by atoms with van der Waals surface area (Å²) in [6.07, 6.45) is 4.62. The first-order valence-electron chi connectivity index (χ1n) is 5.32. The third-order valence-corrected chi connectivity index (χ3v) is 3.52. The summed E-state index contributed by atoms with van der Waals surface area (Å²) in [5.74, 6) is 1.86. The summed E-state index contributed by atoms with van der Waals surface area (Å²) in [5.41, 5.74) is 0. The van der Waals surface area contributed by atoms with Gasteiger partial charge in [-0.2, -0.15) is 11.8 Å². The average Bonchev–Trinajstić information content (AvgIpc) is 2.18. The molecule has 3 nitrogen and oxygen atoms in total. The van der Waals surface area contributed by atoms with Gasteiger partial charge in [-0.15, -0.1) is 0 Å². The molecular formula is C10H19NO2S. The summed E-state index contributed by atoms with van der Waals surface area (Å²) in [7, 11) is 0. The zero-order valence-corrected chi connectivity index (χ0v) is 9.31. The summed E-state index contributed by atoms with van der Waals surface area (Å²) in [6, 6.07) is 0.682. The fourth-order valence-electron chi connectivity index (χ4n) is 1.61. The summed E-state index contributed by atoms with van der Waals surface area (Å²) in [6.45, 7) is 0.975. The van der Waals surface area contributed by atoms with Crippen molar-refractivity contribution < 1.29 is 9.90 Å². The summed E-state index contributed by atoms with van der Waals surface area (Å²) in [5, 5.41) is 11.9. The Morgan fingerprint density at radius 3 is 2.71 bits per heavy atom. The van der Waals surface area contributed by atoms with E-state index in [0.717, 1.165) is 19.4 Å². The molecule has 0 amide bonds. The first-order valence-corrected chi connectivity index (χ1v) is 6.47. The van der Waals surface area contributed by atoms with Gasteiger partial charge in [-0.3, -0.25) is 4.79 Å². The van der Waals surface area contributed by atoms with Gasteiger partial charge in [0.25, 0.3) is 0 Å². The maximum absolute atomic E-state index is 10.2. The lowest BCUT2D eigenvalue weighted by atomic mass is 10.1. The molecular weight excluding hydrogens is 198 g/mol. The van der Waals surface area contributed by atoms with E-state index < -0.39 is 5.97 Å². The van der Waals surface area contributed by atoms with Crippen LogP contribution >= 0.6 is 11.8 Å². The molecule has 0 aromatic heterocycles. The maximum Gasteiger partial charge on any atom is 0.303 e. The van der Waals surface area contributed by atoms with E-state index in [2.05, 4.69) is 5.32 Å². The van der Waals surface area contributed by atoms with Gasteiger partial charge in [0.05, 0.1) is 0 Å². The molecule has 1 saturated heterocycles. The molecule has 0 bridgehead atoms. The predicted octanol–water partition coefficient (Wildman–Crippen LogP) is 1.73. The second kappa shape index (κ2) is 7.12. The summed E-state index contributed by atoms with van der Waals surface area (Å²) in [4.78, 5) is 10.2. The number of thioether (sulfide) groups is 1. The van der Waals surface area contributed by atoms with E-state index in [0.29, 0.717) is 12.5 Å². The summed E-state index contributed by atoms with van der Waals surface area (Å²) < 4.78 is 0. The monoisotopic (exact) mass is 217 g/mol. The third-order valence-electron chi connectivity index (χ3n) is 2.47. The lowest BCUT2D eigenvalue weighted by Gasteiger charge is -2.22. The van der Waals surface area contributed by atoms with Crippen molar-refractivity contribution in [3.63, 3.8) is 0 Å². The van der Waals surface area contributed by atoms with Crippen molar-refractivity contribution in [3.8, 4) is 0 Å². The number of carboxylic acid groups (broad SMARTS) is 1. The van der Waals surface area contributed by atoms with Gasteiger partial charge in [-0.05, 0) is 43.7 Å². The lowest BCUT2D eigenvalue weighted by molar-refractivity contribution is -0.137. The van der Waals surface area contributed by atoms with Crippen molar-refractivity contribution in [1.29, 1.82) is 0 Å². The van der Waals surface area contributed by atoms with Gasteiger partial charge in [-0.1, -0.05) is 0 Å². The Bertz CT molecular complexity index is 170. The Hall–Kier alpha value is -0.220. The van der Waals surface area contributed by atoms with Crippen LogP contribution in [0, 0.1) is 0 Å². The van der Waals surface area contributed by atoms with E-state index in [1.807, 2.05) is 11.8 Å². The molecule has 0 aromatic rings. The molecule has 2 N–H and O–H groups in total. The topological polar surface area (TPSA) is 49.3 Å². The van der Waals surface area contributed by atoms with E-state index in [4.69, 9.17) is 5.11 Å². The van der Waals surface area contributed by atoms with Crippen LogP contribution in [0.1, 0.15) is 32.1 Å². The average molecular weight is 217 g/mol. The molecule has 14 heavy (non-hydrogen) atoms. The highest BCUT2D eigenvalue weighted by atomic mass is 32.2. The minimum atomic E-state index is -0.681. The Labute approximate surface area is 89.6 Å². The fraction of sp³-hybridized carbons (Fsp3) is 0.900. The molecule has 0 unspecified atom stereocenters. The Kier molecular flexibility index (Phi) is 6.03. The number of hydrogen-bond acceptors (Lipinski definition) is 3. The first-order chi connectivity index (χ1) is 6.79. The van der Waals surface area contributed by atoms with Gasteiger partial charge in [0, 0.05) is 12.5 Å². The van der Waals surface area contributed by atoms with Crippen LogP contribution in [0.3, 0.4) is 0 Å². The summed E-state index contributed by atoms with van der Waals surface area (Å²) >= 11 is 2.03. The standard InChI is InChI=1S/C10H19NO2S/c12-10(13)3-1-2-6-11-9-4-7-14-8-5-9/h9,11H,1-8H2,(H,12,13). The van der Waals surface area contributed by atoms with Gasteiger partial charge in [0.15, 0.2) is 0 Å². The van der Waals surface area contributed by atoms with E-state index in [-0.39, 0.29) is 0 Å². The Morgan fingerprint density at radius 1 is 1.36 bits per heavy atom. The molecule has 1 rings (SSSR count). The lowest BCUT2D eigenvalue weighted by Crippen LogP contribution is -2.33. The SMILES string of the molecule is O=C(O)CCCCNC1CCSCC1. The highest BCUT2D eigenvalue weighted by Gasteiger charge is 2.11. The quantitative estimate of drug-likeness (QED) is 0.665. The molecule has 1 aliphatic heterocycles. The molecule has 0 aromatic carbocycles. The van der Waals surface area contributed by atoms with E-state index in [1.165, 1.54) is 24.3 Å². The molecule has 0 saturated carbocycles. The van der Waals surface area contributed by atoms with E-state index in [9.17, 15) is 4.79 Å². The van der Waals surface area contributed by atoms with Crippen LogP contribution in [0.25, 0.3) is 0 Å². The predicted molar refractivity (Wildman–Crippen MR) is 59.8 cm³/mol. The van der Waals surface area contributed by atoms with E-state index in [1.54, 1.807) is 0 Å². The zero-order chi connectivity index (χ0) is 10.2. The largest absolute Gasteiger partial charge is 0.481 e. The Morgan fingerprint density at radius 2 is 2.07 bits per heavy atom. The minimum Gasteiger partial charge on any atom is -0.481 e. The highest BCUT2D eigenvalue weighted by molar-refractivity contribution is 7.99. The molecule has 1 fully saturated rings. The minimum absolute atomic E-state index is 0.308. The van der Waals surface area contributed by atoms with Crippen LogP contribution < -0.4 is 5.32 Å². The van der Waals surface area contributed by atoms with Gasteiger partial charge < -0.3 is 10.4 Å². The fourth-order valence-corrected chi connectivity index (χ4v) is 2.72. The van der Waals surface area contributed by atoms with Crippen molar-refractivity contribution in [1.82, 2.24) is 5.32 Å². The smallest absolute Gasteiger partial charge is 0.303 e. The molecule has 4 heteroatoms. The van der Waals surface area contributed by atoms with Crippen LogP contribution in [-0.4, -0.2) is 35.2 Å². The second-order valence-corrected chi connectivity index (χ2v) is 4.92. The number of carboxylic acids is 1. The highest BCUT2D eigenvalue weighted by Crippen LogP contribution is 2.16. The molecule has 82 valence electrons. The number of aliphatic carboxylic acids is 1. The van der Waals surface area contributed by atoms with Crippen LogP contribution in [0.2, 0.25) is 0 Å². The second-order valence-electron chi connectivity index (χ2n) is 3.69. The van der Waals surface area contributed by atoms with Crippen LogP contribution in [-0.2, 0) is 4.79 Å². The molecule has 0 radical (unpaired) electrons. The number of carbonyl (C=O) groups is 1. The van der Waals surface area contributed by atoms with Crippen LogP contribution in [0.15, 0.2) is 0 Å². The number of nitrogens with one attached hydrogen (secondary N) is 1. The van der Waals surface area contributed by atoms with Crippen LogP contribution in [0.5, 0.6) is 0 Å². The van der Waals surface area contributed by atoms with Gasteiger partial charge >= 0.3 is 5.97 Å². The number of rotatable bonds is 6. The molecule has 0 atom stereocenters. The molecule has 1 heterocycles. The Balaban J connectivity index is 1.90. The van der Waals surface area contributed by atoms with Crippen molar-refractivity contribution in [2.45, 2.75) is 38.1 Å². The van der Waals surface area contributed by atoms with Crippen molar-refractivity contribution >= 4 is 17.7 Å². The van der Waals surface area contributed by atoms with E-state index >= 15 is 0 Å².